The molecule has 0 atom stereocenters. The molecule has 30 heavy (non-hydrogen) atoms. The maximum atomic E-state index is 13.3. The Hall–Kier alpha value is -2.67. The van der Waals surface area contributed by atoms with Crippen molar-refractivity contribution in [3.63, 3.8) is 0 Å². The second-order valence-electron chi connectivity index (χ2n) is 9.44. The van der Waals surface area contributed by atoms with E-state index < -0.39 is 0 Å². The van der Waals surface area contributed by atoms with Crippen LogP contribution in [0.2, 0.25) is 5.15 Å². The molecule has 2 heterocycles. The summed E-state index contributed by atoms with van der Waals surface area (Å²) in [6.07, 6.45) is 0. The fourth-order valence-corrected chi connectivity index (χ4v) is 3.56. The Kier molecular flexibility index (Phi) is 5.54. The van der Waals surface area contributed by atoms with Gasteiger partial charge in [0.05, 0.1) is 12.7 Å². The molecule has 0 radical (unpaired) electrons. The van der Waals surface area contributed by atoms with Gasteiger partial charge in [0.2, 0.25) is 5.78 Å². The number of nitrogens with one attached hydrogen (secondary N) is 1. The lowest BCUT2D eigenvalue weighted by molar-refractivity contribution is -0.721. The number of carbonyl (C=O) groups is 1. The van der Waals surface area contributed by atoms with Gasteiger partial charge in [-0.1, -0.05) is 53.1 Å². The summed E-state index contributed by atoms with van der Waals surface area (Å²) in [7, 11) is 1.67. The summed E-state index contributed by atoms with van der Waals surface area (Å²) in [5.41, 5.74) is 2.59. The Bertz CT molecular complexity index is 1140. The first-order valence-corrected chi connectivity index (χ1v) is 10.1. The second-order valence-corrected chi connectivity index (χ2v) is 9.82. The van der Waals surface area contributed by atoms with Crippen LogP contribution in [0.5, 0.6) is 5.75 Å². The van der Waals surface area contributed by atoms with Gasteiger partial charge in [0, 0.05) is 16.7 Å². The molecule has 2 aromatic heterocycles. The van der Waals surface area contributed by atoms with E-state index in [4.69, 9.17) is 21.7 Å². The van der Waals surface area contributed by atoms with Gasteiger partial charge in [-0.05, 0) is 35.1 Å². The molecule has 160 valence electrons. The Morgan fingerprint density at radius 1 is 1.17 bits per heavy atom. The van der Waals surface area contributed by atoms with Crippen LogP contribution in [0.4, 0.5) is 0 Å². The number of rotatable bonds is 4. The number of ketones is 1. The first kappa shape index (κ1) is 22.0. The van der Waals surface area contributed by atoms with Crippen molar-refractivity contribution < 1.29 is 14.2 Å². The quantitative estimate of drug-likeness (QED) is 0.509. The van der Waals surface area contributed by atoms with Crippen molar-refractivity contribution >= 4 is 23.0 Å². The van der Waals surface area contributed by atoms with Gasteiger partial charge in [-0.15, -0.1) is 0 Å². The molecule has 0 bridgehead atoms. The summed E-state index contributed by atoms with van der Waals surface area (Å²) in [5, 5.41) is 16.5. The smallest absolute Gasteiger partial charge is 0.205 e. The van der Waals surface area contributed by atoms with Crippen LogP contribution in [0.25, 0.3) is 5.65 Å². The third kappa shape index (κ3) is 4.12. The molecule has 1 aromatic carbocycles. The average molecular weight is 430 g/mol. The van der Waals surface area contributed by atoms with Crippen molar-refractivity contribution in [1.82, 2.24) is 14.7 Å². The van der Waals surface area contributed by atoms with Gasteiger partial charge in [0.1, 0.15) is 10.9 Å². The highest BCUT2D eigenvalue weighted by molar-refractivity contribution is 6.29. The number of hydrogen-bond donors (Lipinski definition) is 1. The number of hydrogen-bond acceptors (Lipinski definition) is 4. The van der Waals surface area contributed by atoms with E-state index in [1.165, 1.54) is 9.20 Å². The van der Waals surface area contributed by atoms with Crippen LogP contribution in [0, 0.1) is 5.41 Å². The van der Waals surface area contributed by atoms with Crippen molar-refractivity contribution in [2.75, 3.05) is 7.11 Å². The summed E-state index contributed by atoms with van der Waals surface area (Å²) >= 11 is 5.92. The van der Waals surface area contributed by atoms with Crippen LogP contribution in [-0.4, -0.2) is 22.5 Å². The zero-order valence-electron chi connectivity index (χ0n) is 18.5. The summed E-state index contributed by atoms with van der Waals surface area (Å²) in [6.45, 7) is 12.6. The molecule has 0 unspecified atom stereocenters. The van der Waals surface area contributed by atoms with E-state index in [0.29, 0.717) is 11.2 Å². The molecule has 0 fully saturated rings. The predicted molar refractivity (Wildman–Crippen MR) is 114 cm³/mol. The molecular formula is C22H28ClN5O2. The normalized spacial score (nSPS) is 12.4. The minimum atomic E-state index is -0.203. The molecule has 3 aromatic rings. The number of Topliss-reactive ketones (excluding diaryl/α,β-unsaturated/α-hetero) is 1. The summed E-state index contributed by atoms with van der Waals surface area (Å²) in [5.74, 6) is 0.715. The number of aromatic nitrogens is 4. The van der Waals surface area contributed by atoms with E-state index in [9.17, 15) is 4.79 Å². The molecule has 1 N–H and O–H groups in total. The van der Waals surface area contributed by atoms with Crippen LogP contribution < -0.4 is 20.1 Å². The number of ether oxygens (including phenoxy) is 1. The first-order valence-electron chi connectivity index (χ1n) is 9.76. The van der Waals surface area contributed by atoms with Gasteiger partial charge in [-0.2, -0.15) is 0 Å². The van der Waals surface area contributed by atoms with Crippen LogP contribution in [0.15, 0.2) is 24.3 Å². The van der Waals surface area contributed by atoms with Crippen molar-refractivity contribution in [2.24, 2.45) is 0 Å². The molecule has 0 aliphatic carbocycles. The zero-order valence-corrected chi connectivity index (χ0v) is 19.3. The number of benzene rings is 1. The van der Waals surface area contributed by atoms with E-state index in [-0.39, 0.29) is 33.9 Å². The molecule has 0 saturated carbocycles. The predicted octanol–water partition coefficient (Wildman–Crippen LogP) is 3.20. The number of fused-ring (bicyclic) bond motifs is 1. The Labute approximate surface area is 181 Å². The maximum absolute atomic E-state index is 13.3. The lowest BCUT2D eigenvalue weighted by Crippen LogP contribution is -2.43. The Morgan fingerprint density at radius 3 is 2.23 bits per heavy atom. The standard InChI is InChI=1S/C22H28ClN5O2/c1-21(2,3)14-10-13(11-15(19(14)30-7)22(4,5)6)16(29)12-27-18-9-8-17(23)25-28(18)20(24)26-27/h8-11,24H,12H2,1-7H3. The fourth-order valence-electron chi connectivity index (χ4n) is 3.42. The third-order valence-electron chi connectivity index (χ3n) is 4.99. The number of nitrogens with zero attached hydrogens (tertiary/aromatic N) is 4. The van der Waals surface area contributed by atoms with Crippen molar-refractivity contribution in [2.45, 2.75) is 58.9 Å². The SMILES string of the molecule is COc1c(C(C)(C)C)cc(C(=O)C[n+]2[n-]c(=N)n3nc(Cl)ccc32)cc1C(C)(C)C. The lowest BCUT2D eigenvalue weighted by atomic mass is 9.78. The molecule has 0 aliphatic heterocycles. The maximum Gasteiger partial charge on any atom is 0.205 e. The highest BCUT2D eigenvalue weighted by atomic mass is 35.5. The van der Waals surface area contributed by atoms with E-state index in [0.717, 1.165) is 16.9 Å². The Morgan fingerprint density at radius 2 is 1.73 bits per heavy atom. The molecule has 8 heteroatoms. The molecule has 3 rings (SSSR count). The summed E-state index contributed by atoms with van der Waals surface area (Å²) < 4.78 is 8.57. The van der Waals surface area contributed by atoms with E-state index >= 15 is 0 Å². The van der Waals surface area contributed by atoms with Crippen LogP contribution in [0.1, 0.15) is 63.0 Å². The fraction of sp³-hybridized carbons (Fsp3) is 0.455. The van der Waals surface area contributed by atoms with Crippen molar-refractivity contribution in [3.8, 4) is 5.75 Å². The van der Waals surface area contributed by atoms with Gasteiger partial charge in [0.15, 0.2) is 12.2 Å². The summed E-state index contributed by atoms with van der Waals surface area (Å²) in [6, 6.07) is 7.13. The van der Waals surface area contributed by atoms with Gasteiger partial charge in [-0.3, -0.25) is 9.31 Å². The number of halogens is 1. The molecule has 0 spiro atoms. The highest BCUT2D eigenvalue weighted by Crippen LogP contribution is 2.40. The molecular weight excluding hydrogens is 402 g/mol. The number of carbonyl (C=O) groups excluding carboxylic acids is 1. The minimum Gasteiger partial charge on any atom is -0.496 e. The van der Waals surface area contributed by atoms with Crippen LogP contribution in [0.3, 0.4) is 0 Å². The lowest BCUT2D eigenvalue weighted by Gasteiger charge is -2.29. The number of methoxy groups -OCH3 is 1. The Balaban J connectivity index is 2.12. The topological polar surface area (TPSA) is 85.4 Å². The molecule has 7 nitrogen and oxygen atoms in total. The van der Waals surface area contributed by atoms with Crippen molar-refractivity contribution in [1.29, 1.82) is 5.41 Å². The average Bonchev–Trinajstić information content (AvgIpc) is 2.93. The first-order chi connectivity index (χ1) is 13.8. The largest absolute Gasteiger partial charge is 0.496 e. The van der Waals surface area contributed by atoms with E-state index in [2.05, 4.69) is 51.7 Å². The van der Waals surface area contributed by atoms with Gasteiger partial charge in [-0.25, -0.2) is 14.9 Å². The van der Waals surface area contributed by atoms with Gasteiger partial charge in [0.25, 0.3) is 0 Å². The van der Waals surface area contributed by atoms with Crippen LogP contribution in [-0.2, 0) is 17.4 Å². The van der Waals surface area contributed by atoms with Gasteiger partial charge < -0.3 is 10.1 Å². The van der Waals surface area contributed by atoms with Crippen LogP contribution >= 0.6 is 11.6 Å². The summed E-state index contributed by atoms with van der Waals surface area (Å²) in [4.78, 5) is 13.3. The molecule has 0 aliphatic rings. The minimum absolute atomic E-state index is 0.00874. The zero-order chi connectivity index (χ0) is 22.4. The van der Waals surface area contributed by atoms with E-state index in [1.54, 1.807) is 19.2 Å². The molecule has 0 amide bonds. The monoisotopic (exact) mass is 429 g/mol. The van der Waals surface area contributed by atoms with E-state index in [1.807, 2.05) is 12.1 Å². The van der Waals surface area contributed by atoms with Crippen molar-refractivity contribution in [3.05, 3.63) is 51.7 Å². The second kappa shape index (κ2) is 7.54. The highest BCUT2D eigenvalue weighted by Gasteiger charge is 2.29. The molecule has 0 saturated heterocycles. The van der Waals surface area contributed by atoms with Gasteiger partial charge >= 0.3 is 0 Å². The third-order valence-corrected chi connectivity index (χ3v) is 5.19.